The lowest BCUT2D eigenvalue weighted by Crippen LogP contribution is -2.14. The smallest absolute Gasteiger partial charge is 0.271 e. The molecule has 2 heterocycles. The average molecular weight is 409 g/mol. The molecule has 0 radical (unpaired) electrons. The van der Waals surface area contributed by atoms with Crippen LogP contribution in [0.15, 0.2) is 29.6 Å². The summed E-state index contributed by atoms with van der Waals surface area (Å²) < 4.78 is 0. The SMILES string of the molecule is Cc1sc2ncnc(SCC(=O)Nc3ccc([N+](=O)[O-])cc3Cl)c2c1C. The van der Waals surface area contributed by atoms with Gasteiger partial charge in [0.25, 0.3) is 5.69 Å². The Balaban J connectivity index is 1.71. The molecule has 3 aromatic rings. The first-order valence-electron chi connectivity index (χ1n) is 7.44. The standard InChI is InChI=1S/C16H13ClN4O3S2/c1-8-9(2)26-16-14(8)15(18-7-19-16)25-6-13(22)20-12-4-3-10(21(23)24)5-11(12)17/h3-5,7H,6H2,1-2H3,(H,20,22). The van der Waals surface area contributed by atoms with Crippen LogP contribution in [0, 0.1) is 24.0 Å². The van der Waals surface area contributed by atoms with E-state index >= 15 is 0 Å². The second kappa shape index (κ2) is 7.56. The lowest BCUT2D eigenvalue weighted by atomic mass is 10.2. The van der Waals surface area contributed by atoms with Gasteiger partial charge in [-0.15, -0.1) is 11.3 Å². The maximum atomic E-state index is 12.2. The van der Waals surface area contributed by atoms with Crippen LogP contribution in [-0.4, -0.2) is 26.6 Å². The van der Waals surface area contributed by atoms with Crippen LogP contribution >= 0.6 is 34.7 Å². The fraction of sp³-hybridized carbons (Fsp3) is 0.188. The van der Waals surface area contributed by atoms with Gasteiger partial charge in [-0.05, 0) is 25.5 Å². The molecule has 0 aliphatic heterocycles. The molecule has 0 saturated carbocycles. The van der Waals surface area contributed by atoms with Crippen molar-refractivity contribution in [2.24, 2.45) is 0 Å². The molecule has 1 aromatic carbocycles. The Morgan fingerprint density at radius 1 is 1.38 bits per heavy atom. The summed E-state index contributed by atoms with van der Waals surface area (Å²) in [5, 5.41) is 15.2. The van der Waals surface area contributed by atoms with Gasteiger partial charge >= 0.3 is 0 Å². The van der Waals surface area contributed by atoms with Gasteiger partial charge in [0.1, 0.15) is 16.2 Å². The van der Waals surface area contributed by atoms with Gasteiger partial charge in [-0.25, -0.2) is 9.97 Å². The highest BCUT2D eigenvalue weighted by Gasteiger charge is 2.15. The highest BCUT2D eigenvalue weighted by Crippen LogP contribution is 2.34. The Hall–Kier alpha value is -2.23. The topological polar surface area (TPSA) is 98.0 Å². The van der Waals surface area contributed by atoms with E-state index in [9.17, 15) is 14.9 Å². The fourth-order valence-electron chi connectivity index (χ4n) is 2.30. The average Bonchev–Trinajstić information content (AvgIpc) is 2.89. The third kappa shape index (κ3) is 3.79. The second-order valence-corrected chi connectivity index (χ2v) is 7.97. The van der Waals surface area contributed by atoms with Crippen molar-refractivity contribution in [1.29, 1.82) is 0 Å². The van der Waals surface area contributed by atoms with Gasteiger partial charge in [-0.2, -0.15) is 0 Å². The molecule has 1 amide bonds. The third-order valence-electron chi connectivity index (χ3n) is 3.71. The van der Waals surface area contributed by atoms with Crippen molar-refractivity contribution in [1.82, 2.24) is 9.97 Å². The first-order chi connectivity index (χ1) is 12.4. The van der Waals surface area contributed by atoms with Gasteiger partial charge in [0.2, 0.25) is 5.91 Å². The number of nitrogens with zero attached hydrogens (tertiary/aromatic N) is 3. The summed E-state index contributed by atoms with van der Waals surface area (Å²) in [5.41, 5.74) is 1.32. The van der Waals surface area contributed by atoms with Crippen LogP contribution in [0.2, 0.25) is 5.02 Å². The van der Waals surface area contributed by atoms with Gasteiger partial charge in [-0.3, -0.25) is 14.9 Å². The molecule has 0 aliphatic rings. The molecule has 0 spiro atoms. The van der Waals surface area contributed by atoms with Crippen LogP contribution in [-0.2, 0) is 4.79 Å². The number of rotatable bonds is 5. The number of nitro benzene ring substituents is 1. The molecule has 26 heavy (non-hydrogen) atoms. The van der Waals surface area contributed by atoms with Gasteiger partial charge in [0, 0.05) is 22.4 Å². The van der Waals surface area contributed by atoms with E-state index in [0.29, 0.717) is 5.69 Å². The number of nitro groups is 1. The lowest BCUT2D eigenvalue weighted by molar-refractivity contribution is -0.384. The van der Waals surface area contributed by atoms with E-state index in [1.807, 2.05) is 13.8 Å². The zero-order chi connectivity index (χ0) is 18.8. The summed E-state index contributed by atoms with van der Waals surface area (Å²) in [6.45, 7) is 4.04. The summed E-state index contributed by atoms with van der Waals surface area (Å²) in [6.07, 6.45) is 1.49. The Labute approximate surface area is 162 Å². The van der Waals surface area contributed by atoms with E-state index in [1.165, 1.54) is 41.2 Å². The Morgan fingerprint density at radius 3 is 2.85 bits per heavy atom. The van der Waals surface area contributed by atoms with Crippen molar-refractivity contribution >= 4 is 62.2 Å². The molecule has 3 rings (SSSR count). The molecular formula is C16H13ClN4O3S2. The van der Waals surface area contributed by atoms with Crippen molar-refractivity contribution < 1.29 is 9.72 Å². The number of hydrogen-bond acceptors (Lipinski definition) is 7. The van der Waals surface area contributed by atoms with Crippen LogP contribution < -0.4 is 5.32 Å². The van der Waals surface area contributed by atoms with Crippen molar-refractivity contribution in [3.8, 4) is 0 Å². The fourth-order valence-corrected chi connectivity index (χ4v) is 4.44. The van der Waals surface area contributed by atoms with Crippen LogP contribution in [0.25, 0.3) is 10.2 Å². The Morgan fingerprint density at radius 2 is 2.15 bits per heavy atom. The summed E-state index contributed by atoms with van der Waals surface area (Å²) in [5.74, 6) is -0.143. The van der Waals surface area contributed by atoms with Gasteiger partial charge in [0.15, 0.2) is 0 Å². The molecule has 0 bridgehead atoms. The number of thioether (sulfide) groups is 1. The number of nitrogens with one attached hydrogen (secondary N) is 1. The molecule has 1 N–H and O–H groups in total. The predicted octanol–water partition coefficient (Wildman–Crippen LogP) is 4.60. The third-order valence-corrected chi connectivity index (χ3v) is 6.13. The molecule has 7 nitrogen and oxygen atoms in total. The molecule has 0 saturated heterocycles. The van der Waals surface area contributed by atoms with Gasteiger partial charge < -0.3 is 5.32 Å². The van der Waals surface area contributed by atoms with E-state index in [1.54, 1.807) is 11.3 Å². The monoisotopic (exact) mass is 408 g/mol. The minimum Gasteiger partial charge on any atom is -0.324 e. The van der Waals surface area contributed by atoms with Crippen LogP contribution in [0.1, 0.15) is 10.4 Å². The first-order valence-corrected chi connectivity index (χ1v) is 9.62. The van der Waals surface area contributed by atoms with E-state index < -0.39 is 4.92 Å². The molecule has 10 heteroatoms. The molecular weight excluding hydrogens is 396 g/mol. The van der Waals surface area contributed by atoms with Crippen LogP contribution in [0.4, 0.5) is 11.4 Å². The van der Waals surface area contributed by atoms with Gasteiger partial charge in [-0.1, -0.05) is 23.4 Å². The number of amides is 1. The van der Waals surface area contributed by atoms with Crippen LogP contribution in [0.3, 0.4) is 0 Å². The van der Waals surface area contributed by atoms with Crippen molar-refractivity contribution in [2.45, 2.75) is 18.9 Å². The van der Waals surface area contributed by atoms with Gasteiger partial charge in [0.05, 0.1) is 21.4 Å². The molecule has 2 aromatic heterocycles. The maximum Gasteiger partial charge on any atom is 0.271 e. The number of hydrogen-bond donors (Lipinski definition) is 1. The molecule has 0 unspecified atom stereocenters. The summed E-state index contributed by atoms with van der Waals surface area (Å²) in [4.78, 5) is 33.0. The van der Waals surface area contributed by atoms with Crippen LogP contribution in [0.5, 0.6) is 0 Å². The molecule has 0 atom stereocenters. The van der Waals surface area contributed by atoms with Crippen molar-refractivity contribution in [3.05, 3.63) is 50.1 Å². The van der Waals surface area contributed by atoms with E-state index in [4.69, 9.17) is 11.6 Å². The Kier molecular flexibility index (Phi) is 5.40. The van der Waals surface area contributed by atoms with E-state index in [0.717, 1.165) is 20.8 Å². The van der Waals surface area contributed by atoms with E-state index in [-0.39, 0.29) is 22.4 Å². The number of non-ortho nitro benzene ring substituents is 1. The largest absolute Gasteiger partial charge is 0.324 e. The minimum atomic E-state index is -0.543. The second-order valence-electron chi connectivity index (χ2n) is 5.40. The number of carbonyl (C=O) groups excluding carboxylic acids is 1. The first kappa shape index (κ1) is 18.6. The maximum absolute atomic E-state index is 12.2. The number of benzene rings is 1. The number of aromatic nitrogens is 2. The number of fused-ring (bicyclic) bond motifs is 1. The highest BCUT2D eigenvalue weighted by atomic mass is 35.5. The molecule has 0 aliphatic carbocycles. The number of aryl methyl sites for hydroxylation is 2. The summed E-state index contributed by atoms with van der Waals surface area (Å²) in [7, 11) is 0. The Bertz CT molecular complexity index is 1020. The van der Waals surface area contributed by atoms with Crippen molar-refractivity contribution in [2.75, 3.05) is 11.1 Å². The molecule has 134 valence electrons. The minimum absolute atomic E-state index is 0.117. The lowest BCUT2D eigenvalue weighted by Gasteiger charge is -2.07. The number of carbonyl (C=O) groups is 1. The number of halogens is 1. The zero-order valence-corrected chi connectivity index (χ0v) is 16.2. The normalized spacial score (nSPS) is 10.9. The molecule has 0 fully saturated rings. The number of thiophene rings is 1. The predicted molar refractivity (Wildman–Crippen MR) is 104 cm³/mol. The van der Waals surface area contributed by atoms with E-state index in [2.05, 4.69) is 15.3 Å². The zero-order valence-electron chi connectivity index (χ0n) is 13.8. The highest BCUT2D eigenvalue weighted by molar-refractivity contribution is 8.00. The summed E-state index contributed by atoms with van der Waals surface area (Å²) >= 11 is 8.90. The number of anilines is 1. The summed E-state index contributed by atoms with van der Waals surface area (Å²) in [6, 6.07) is 3.91. The quantitative estimate of drug-likeness (QED) is 0.286. The van der Waals surface area contributed by atoms with Crippen molar-refractivity contribution in [3.63, 3.8) is 0 Å².